The van der Waals surface area contributed by atoms with Crippen LogP contribution in [-0.2, 0) is 6.18 Å². The monoisotopic (exact) mass is 356 g/mol. The van der Waals surface area contributed by atoms with Gasteiger partial charge in [-0.1, -0.05) is 6.92 Å². The van der Waals surface area contributed by atoms with E-state index in [1.807, 2.05) is 0 Å². The molecule has 2 N–H and O–H groups in total. The summed E-state index contributed by atoms with van der Waals surface area (Å²) in [5.74, 6) is -4.77. The molecule has 2 unspecified atom stereocenters. The smallest absolute Gasteiger partial charge is 0.434 e. The Hall–Kier alpha value is -2.20. The predicted octanol–water partition coefficient (Wildman–Crippen LogP) is 2.93. The van der Waals surface area contributed by atoms with E-state index in [4.69, 9.17) is 7.85 Å². The molecule has 1 aromatic heterocycles. The van der Waals surface area contributed by atoms with E-state index in [0.717, 1.165) is 0 Å². The number of nitrogens with zero attached hydrogens (tertiary/aromatic N) is 3. The lowest BCUT2D eigenvalue weighted by atomic mass is 9.89. The first-order valence-electron chi connectivity index (χ1n) is 7.78. The Balaban J connectivity index is 2.25. The Kier molecular flexibility index (Phi) is 4.07. The Bertz CT molecular complexity index is 671. The van der Waals surface area contributed by atoms with Crippen molar-refractivity contribution in [1.29, 1.82) is 0 Å². The maximum atomic E-state index is 13.6. The molecule has 1 amide bonds. The number of halogens is 5. The van der Waals surface area contributed by atoms with Crippen molar-refractivity contribution in [3.63, 3.8) is 0 Å². The van der Waals surface area contributed by atoms with Crippen LogP contribution in [0, 0.1) is 5.92 Å². The maximum absolute atomic E-state index is 13.6. The normalized spacial score (nSPS) is 25.7. The largest absolute Gasteiger partial charge is 0.465 e. The first-order valence-corrected chi connectivity index (χ1v) is 6.78. The number of carboxylic acid groups (broad SMARTS) is 1. The molecule has 1 fully saturated rings. The van der Waals surface area contributed by atoms with E-state index in [-0.39, 0.29) is 0 Å². The Morgan fingerprint density at radius 3 is 2.67 bits per heavy atom. The molecule has 0 bridgehead atoms. The van der Waals surface area contributed by atoms with Crippen LogP contribution in [-0.4, -0.2) is 51.1 Å². The molecule has 24 heavy (non-hydrogen) atoms. The maximum Gasteiger partial charge on any atom is 0.434 e. The summed E-state index contributed by atoms with van der Waals surface area (Å²) in [7, 11) is 0. The van der Waals surface area contributed by atoms with Gasteiger partial charge in [-0.15, -0.1) is 0 Å². The van der Waals surface area contributed by atoms with Crippen molar-refractivity contribution in [3.8, 4) is 0 Å². The second-order valence-corrected chi connectivity index (χ2v) is 5.45. The molecule has 134 valence electrons. The fraction of sp³-hybridized carbons (Fsp3) is 0.615. The summed E-state index contributed by atoms with van der Waals surface area (Å²) in [6, 6.07) is -1.51. The first kappa shape index (κ1) is 15.3. The number of piperidine rings is 1. The van der Waals surface area contributed by atoms with E-state index in [0.29, 0.717) is 17.3 Å². The third kappa shape index (κ3) is 4.20. The fourth-order valence-electron chi connectivity index (χ4n) is 2.40. The van der Waals surface area contributed by atoms with Gasteiger partial charge < -0.3 is 10.4 Å². The lowest BCUT2D eigenvalue weighted by Crippen LogP contribution is -2.57. The Labute approximate surface area is 136 Å². The van der Waals surface area contributed by atoms with Crippen molar-refractivity contribution in [2.45, 2.75) is 31.5 Å². The van der Waals surface area contributed by atoms with E-state index in [1.165, 1.54) is 6.92 Å². The molecule has 2 atom stereocenters. The van der Waals surface area contributed by atoms with E-state index < -0.39 is 61.1 Å². The zero-order chi connectivity index (χ0) is 19.9. The fourth-order valence-corrected chi connectivity index (χ4v) is 2.40. The number of likely N-dealkylation sites (tertiary alicyclic amines) is 1. The van der Waals surface area contributed by atoms with Crippen molar-refractivity contribution in [3.05, 3.63) is 18.1 Å². The van der Waals surface area contributed by atoms with Crippen LogP contribution < -0.4 is 5.32 Å². The molecule has 0 saturated carbocycles. The van der Waals surface area contributed by atoms with Crippen LogP contribution in [0.4, 0.5) is 32.6 Å². The second-order valence-electron chi connectivity index (χ2n) is 5.45. The summed E-state index contributed by atoms with van der Waals surface area (Å²) < 4.78 is 80.8. The van der Waals surface area contributed by atoms with Crippen LogP contribution in [0.2, 0.25) is 0 Å². The number of nitrogens with one attached hydrogen (secondary N) is 1. The van der Waals surface area contributed by atoms with Gasteiger partial charge in [-0.05, 0) is 5.92 Å². The van der Waals surface area contributed by atoms with E-state index in [1.54, 1.807) is 0 Å². The van der Waals surface area contributed by atoms with Gasteiger partial charge in [0.15, 0.2) is 5.69 Å². The summed E-state index contributed by atoms with van der Waals surface area (Å²) in [6.07, 6.45) is -6.18. The highest BCUT2D eigenvalue weighted by molar-refractivity contribution is 5.66. The van der Waals surface area contributed by atoms with E-state index in [2.05, 4.69) is 15.3 Å². The van der Waals surface area contributed by atoms with E-state index >= 15 is 0 Å². The summed E-state index contributed by atoms with van der Waals surface area (Å²) in [5, 5.41) is 11.3. The Morgan fingerprint density at radius 1 is 1.50 bits per heavy atom. The van der Waals surface area contributed by atoms with Gasteiger partial charge >= 0.3 is 12.3 Å². The molecule has 0 spiro atoms. The van der Waals surface area contributed by atoms with Gasteiger partial charge in [0.05, 0.1) is 27.7 Å². The molecule has 1 saturated heterocycles. The van der Waals surface area contributed by atoms with Crippen LogP contribution in [0.25, 0.3) is 0 Å². The highest BCUT2D eigenvalue weighted by Gasteiger charge is 2.46. The molecule has 0 radical (unpaired) electrons. The molecule has 1 aliphatic rings. The second kappa shape index (κ2) is 6.36. The highest BCUT2D eigenvalue weighted by Crippen LogP contribution is 2.34. The molecule has 0 aliphatic carbocycles. The molecule has 11 heteroatoms. The van der Waals surface area contributed by atoms with Gasteiger partial charge in [-0.25, -0.2) is 23.5 Å². The van der Waals surface area contributed by atoms with Gasteiger partial charge in [0.25, 0.3) is 5.92 Å². The van der Waals surface area contributed by atoms with Crippen molar-refractivity contribution >= 4 is 11.9 Å². The van der Waals surface area contributed by atoms with Crippen LogP contribution in [0.5, 0.6) is 0 Å². The standard InChI is InChI=1S/C13H15F5N4O2/c1-7-2-12(14,15)6-22(11(23)24)8(7)3-20-10-5-19-9(4-21-10)13(16,17)18/h4-5,7-8H,2-3,6H2,1H3,(H,20,21)(H,23,24)/i3D2. The molecule has 2 heterocycles. The summed E-state index contributed by atoms with van der Waals surface area (Å²) in [4.78, 5) is 18.1. The molecule has 1 aliphatic heterocycles. The minimum absolute atomic E-state index is 0.290. The van der Waals surface area contributed by atoms with Crippen LogP contribution in [0.3, 0.4) is 0 Å². The number of amides is 1. The van der Waals surface area contributed by atoms with Crippen molar-refractivity contribution in [2.75, 3.05) is 18.4 Å². The minimum Gasteiger partial charge on any atom is -0.465 e. The number of anilines is 1. The van der Waals surface area contributed by atoms with Crippen LogP contribution in [0.15, 0.2) is 12.4 Å². The molecular formula is C13H15F5N4O2. The third-order valence-electron chi connectivity index (χ3n) is 3.43. The van der Waals surface area contributed by atoms with Gasteiger partial charge in [0.1, 0.15) is 5.82 Å². The number of carbonyl (C=O) groups is 1. The number of rotatable bonds is 3. The third-order valence-corrected chi connectivity index (χ3v) is 3.43. The number of hydrogen-bond acceptors (Lipinski definition) is 4. The van der Waals surface area contributed by atoms with Crippen LogP contribution in [0.1, 0.15) is 21.8 Å². The Morgan fingerprint density at radius 2 is 2.17 bits per heavy atom. The zero-order valence-corrected chi connectivity index (χ0v) is 12.3. The predicted molar refractivity (Wildman–Crippen MR) is 72.8 cm³/mol. The summed E-state index contributed by atoms with van der Waals surface area (Å²) in [6.45, 7) is -2.49. The lowest BCUT2D eigenvalue weighted by molar-refractivity contribution is -0.141. The number of alkyl halides is 5. The van der Waals surface area contributed by atoms with Crippen LogP contribution >= 0.6 is 0 Å². The average molecular weight is 356 g/mol. The van der Waals surface area contributed by atoms with Crippen molar-refractivity contribution < 1.29 is 34.6 Å². The minimum atomic E-state index is -4.73. The number of aromatic nitrogens is 2. The quantitative estimate of drug-likeness (QED) is 0.815. The zero-order valence-electron chi connectivity index (χ0n) is 14.3. The van der Waals surface area contributed by atoms with Gasteiger partial charge in [-0.3, -0.25) is 4.90 Å². The molecular weight excluding hydrogens is 339 g/mol. The van der Waals surface area contributed by atoms with Gasteiger partial charge in [0, 0.05) is 12.9 Å². The number of hydrogen-bond donors (Lipinski definition) is 2. The molecule has 0 aromatic carbocycles. The lowest BCUT2D eigenvalue weighted by Gasteiger charge is -2.41. The van der Waals surface area contributed by atoms with E-state index in [9.17, 15) is 26.7 Å². The first-order chi connectivity index (χ1) is 11.7. The topological polar surface area (TPSA) is 78.4 Å². The summed E-state index contributed by atoms with van der Waals surface area (Å²) in [5.41, 5.74) is -1.29. The highest BCUT2D eigenvalue weighted by atomic mass is 19.4. The average Bonchev–Trinajstić information content (AvgIpc) is 2.43. The van der Waals surface area contributed by atoms with Crippen molar-refractivity contribution in [1.82, 2.24) is 14.9 Å². The SMILES string of the molecule is [2H]C([2H])(Nc1cnc(C(F)(F)F)cn1)C1C(C)CC(F)(F)CN1C(=O)O. The van der Waals surface area contributed by atoms with Crippen molar-refractivity contribution in [2.24, 2.45) is 5.92 Å². The molecule has 2 rings (SSSR count). The molecule has 1 aromatic rings. The summed E-state index contributed by atoms with van der Waals surface area (Å²) >= 11 is 0. The van der Waals surface area contributed by atoms with Gasteiger partial charge in [-0.2, -0.15) is 13.2 Å². The van der Waals surface area contributed by atoms with Gasteiger partial charge in [0.2, 0.25) is 0 Å². The molecule has 6 nitrogen and oxygen atoms in total.